The molecular formula is C23H25F3N2O. The number of hydrogen-bond donors (Lipinski definition) is 0. The normalized spacial score (nSPS) is 15.4. The van der Waals surface area contributed by atoms with Crippen molar-refractivity contribution in [2.45, 2.75) is 25.9 Å². The number of alkyl halides is 3. The standard InChI is InChI=1S/C23H25F3N2O/c1-17(2)19-9-6-18(7-10-19)8-11-22(29)28-14-12-27(13-15-28)21-5-3-4-20(16-21)23(24,25)26/h3-11,16-17H,12-15H2,1-2H3. The summed E-state index contributed by atoms with van der Waals surface area (Å²) < 4.78 is 38.7. The van der Waals surface area contributed by atoms with Crippen LogP contribution in [0.15, 0.2) is 54.6 Å². The Balaban J connectivity index is 1.57. The van der Waals surface area contributed by atoms with E-state index in [1.807, 2.05) is 17.0 Å². The predicted octanol–water partition coefficient (Wildman–Crippen LogP) is 5.19. The summed E-state index contributed by atoms with van der Waals surface area (Å²) >= 11 is 0. The molecule has 1 fully saturated rings. The highest BCUT2D eigenvalue weighted by Gasteiger charge is 2.31. The summed E-state index contributed by atoms with van der Waals surface area (Å²) in [7, 11) is 0. The van der Waals surface area contributed by atoms with Gasteiger partial charge < -0.3 is 9.80 Å². The first-order valence-electron chi connectivity index (χ1n) is 9.73. The topological polar surface area (TPSA) is 23.6 Å². The molecule has 0 N–H and O–H groups in total. The third-order valence-electron chi connectivity index (χ3n) is 5.15. The third kappa shape index (κ3) is 5.40. The molecule has 0 saturated carbocycles. The quantitative estimate of drug-likeness (QED) is 0.657. The zero-order chi connectivity index (χ0) is 21.0. The Morgan fingerprint density at radius 1 is 1.00 bits per heavy atom. The summed E-state index contributed by atoms with van der Waals surface area (Å²) in [5, 5.41) is 0. The van der Waals surface area contributed by atoms with E-state index in [1.165, 1.54) is 11.6 Å². The average molecular weight is 402 g/mol. The second-order valence-electron chi connectivity index (χ2n) is 7.52. The minimum atomic E-state index is -4.36. The first-order valence-corrected chi connectivity index (χ1v) is 9.73. The first kappa shape index (κ1) is 21.0. The molecule has 3 nitrogen and oxygen atoms in total. The van der Waals surface area contributed by atoms with Gasteiger partial charge in [0.2, 0.25) is 5.91 Å². The Bertz CT molecular complexity index is 864. The molecule has 29 heavy (non-hydrogen) atoms. The maximum Gasteiger partial charge on any atom is 0.416 e. The second kappa shape index (κ2) is 8.72. The summed E-state index contributed by atoms with van der Waals surface area (Å²) in [6.07, 6.45) is -0.998. The minimum absolute atomic E-state index is 0.0818. The predicted molar refractivity (Wildman–Crippen MR) is 110 cm³/mol. The maximum atomic E-state index is 12.9. The van der Waals surface area contributed by atoms with Gasteiger partial charge in [0.05, 0.1) is 5.56 Å². The van der Waals surface area contributed by atoms with E-state index >= 15 is 0 Å². The molecule has 0 aromatic heterocycles. The third-order valence-corrected chi connectivity index (χ3v) is 5.15. The fourth-order valence-corrected chi connectivity index (χ4v) is 3.33. The van der Waals surface area contributed by atoms with Gasteiger partial charge >= 0.3 is 6.18 Å². The molecule has 154 valence electrons. The number of anilines is 1. The van der Waals surface area contributed by atoms with Gasteiger partial charge in [-0.1, -0.05) is 44.2 Å². The summed E-state index contributed by atoms with van der Waals surface area (Å²) in [5.41, 5.74) is 2.09. The number of carbonyl (C=O) groups excluding carboxylic acids is 1. The van der Waals surface area contributed by atoms with E-state index in [9.17, 15) is 18.0 Å². The lowest BCUT2D eigenvalue weighted by atomic mass is 10.0. The van der Waals surface area contributed by atoms with Crippen molar-refractivity contribution >= 4 is 17.7 Å². The fraction of sp³-hybridized carbons (Fsp3) is 0.348. The van der Waals surface area contributed by atoms with E-state index in [2.05, 4.69) is 26.0 Å². The molecule has 0 bridgehead atoms. The molecule has 2 aromatic carbocycles. The number of carbonyl (C=O) groups is 1. The molecule has 1 heterocycles. The Morgan fingerprint density at radius 3 is 2.24 bits per heavy atom. The van der Waals surface area contributed by atoms with Gasteiger partial charge in [-0.3, -0.25) is 4.79 Å². The zero-order valence-corrected chi connectivity index (χ0v) is 16.6. The molecule has 0 aliphatic carbocycles. The van der Waals surface area contributed by atoms with Crippen LogP contribution < -0.4 is 4.90 Å². The van der Waals surface area contributed by atoms with Crippen LogP contribution in [0, 0.1) is 0 Å². The van der Waals surface area contributed by atoms with Crippen molar-refractivity contribution in [3.8, 4) is 0 Å². The zero-order valence-electron chi connectivity index (χ0n) is 16.6. The van der Waals surface area contributed by atoms with Gasteiger partial charge in [0.25, 0.3) is 0 Å². The number of piperazine rings is 1. The van der Waals surface area contributed by atoms with Crippen molar-refractivity contribution in [1.82, 2.24) is 4.90 Å². The van der Waals surface area contributed by atoms with E-state index < -0.39 is 11.7 Å². The molecule has 3 rings (SSSR count). The molecule has 0 atom stereocenters. The van der Waals surface area contributed by atoms with Gasteiger partial charge in [0.15, 0.2) is 0 Å². The second-order valence-corrected chi connectivity index (χ2v) is 7.52. The summed E-state index contributed by atoms with van der Waals surface area (Å²) in [5.74, 6) is 0.379. The highest BCUT2D eigenvalue weighted by atomic mass is 19.4. The van der Waals surface area contributed by atoms with Crippen LogP contribution in [-0.2, 0) is 11.0 Å². The monoisotopic (exact) mass is 402 g/mol. The number of nitrogens with zero attached hydrogens (tertiary/aromatic N) is 2. The summed E-state index contributed by atoms with van der Waals surface area (Å²) in [6.45, 7) is 6.23. The highest BCUT2D eigenvalue weighted by Crippen LogP contribution is 2.31. The van der Waals surface area contributed by atoms with Crippen LogP contribution in [0.4, 0.5) is 18.9 Å². The molecule has 0 unspecified atom stereocenters. The lowest BCUT2D eigenvalue weighted by Crippen LogP contribution is -2.48. The van der Waals surface area contributed by atoms with Gasteiger partial charge in [-0.05, 0) is 41.3 Å². The number of rotatable bonds is 4. The largest absolute Gasteiger partial charge is 0.416 e. The fourth-order valence-electron chi connectivity index (χ4n) is 3.33. The van der Waals surface area contributed by atoms with Crippen LogP contribution in [0.3, 0.4) is 0 Å². The van der Waals surface area contributed by atoms with Crippen molar-refractivity contribution in [3.63, 3.8) is 0 Å². The maximum absolute atomic E-state index is 12.9. The number of amides is 1. The molecule has 1 saturated heterocycles. The number of halogens is 3. The number of benzene rings is 2. The van der Waals surface area contributed by atoms with Crippen LogP contribution in [0.1, 0.15) is 36.5 Å². The lowest BCUT2D eigenvalue weighted by molar-refractivity contribution is -0.137. The van der Waals surface area contributed by atoms with Crippen LogP contribution in [0.25, 0.3) is 6.08 Å². The molecule has 1 aliphatic rings. The van der Waals surface area contributed by atoms with E-state index in [0.29, 0.717) is 37.8 Å². The van der Waals surface area contributed by atoms with Crippen LogP contribution in [-0.4, -0.2) is 37.0 Å². The van der Waals surface area contributed by atoms with Crippen LogP contribution in [0.2, 0.25) is 0 Å². The molecule has 1 aliphatic heterocycles. The highest BCUT2D eigenvalue weighted by molar-refractivity contribution is 5.92. The summed E-state index contributed by atoms with van der Waals surface area (Å²) in [6, 6.07) is 13.4. The first-order chi connectivity index (χ1) is 13.7. The van der Waals surface area contributed by atoms with Gasteiger partial charge in [0.1, 0.15) is 0 Å². The van der Waals surface area contributed by atoms with Gasteiger partial charge in [0, 0.05) is 37.9 Å². The van der Waals surface area contributed by atoms with E-state index in [0.717, 1.165) is 17.7 Å². The molecule has 1 amide bonds. The van der Waals surface area contributed by atoms with Gasteiger partial charge in [-0.2, -0.15) is 13.2 Å². The van der Waals surface area contributed by atoms with Crippen LogP contribution in [0.5, 0.6) is 0 Å². The minimum Gasteiger partial charge on any atom is -0.368 e. The van der Waals surface area contributed by atoms with Crippen molar-refractivity contribution in [3.05, 3.63) is 71.3 Å². The Hall–Kier alpha value is -2.76. The van der Waals surface area contributed by atoms with Crippen molar-refractivity contribution in [1.29, 1.82) is 0 Å². The molecule has 0 spiro atoms. The SMILES string of the molecule is CC(C)c1ccc(C=CC(=O)N2CCN(c3cccc(C(F)(F)F)c3)CC2)cc1. The van der Waals surface area contributed by atoms with E-state index in [-0.39, 0.29) is 5.91 Å². The molecule has 0 radical (unpaired) electrons. The van der Waals surface area contributed by atoms with Crippen molar-refractivity contribution in [2.75, 3.05) is 31.1 Å². The average Bonchev–Trinajstić information content (AvgIpc) is 2.72. The van der Waals surface area contributed by atoms with E-state index in [1.54, 1.807) is 23.1 Å². The smallest absolute Gasteiger partial charge is 0.368 e. The summed E-state index contributed by atoms with van der Waals surface area (Å²) in [4.78, 5) is 16.1. The van der Waals surface area contributed by atoms with Crippen molar-refractivity contribution < 1.29 is 18.0 Å². The van der Waals surface area contributed by atoms with E-state index in [4.69, 9.17) is 0 Å². The Morgan fingerprint density at radius 2 is 1.66 bits per heavy atom. The Kier molecular flexibility index (Phi) is 6.30. The molecule has 6 heteroatoms. The van der Waals surface area contributed by atoms with Gasteiger partial charge in [-0.25, -0.2) is 0 Å². The molecular weight excluding hydrogens is 377 g/mol. The number of hydrogen-bond acceptors (Lipinski definition) is 2. The van der Waals surface area contributed by atoms with Crippen LogP contribution >= 0.6 is 0 Å². The van der Waals surface area contributed by atoms with Crippen molar-refractivity contribution in [2.24, 2.45) is 0 Å². The van der Waals surface area contributed by atoms with Gasteiger partial charge in [-0.15, -0.1) is 0 Å². The Labute approximate surface area is 169 Å². The lowest BCUT2D eigenvalue weighted by Gasteiger charge is -2.35. The molecule has 2 aromatic rings.